The van der Waals surface area contributed by atoms with Crippen molar-refractivity contribution in [1.29, 1.82) is 0 Å². The van der Waals surface area contributed by atoms with Crippen LogP contribution in [0.4, 0.5) is 10.6 Å². The van der Waals surface area contributed by atoms with Crippen LogP contribution in [0.15, 0.2) is 23.7 Å². The number of hydrogen-bond acceptors (Lipinski definition) is 4. The molecule has 1 saturated carbocycles. The Hall–Kier alpha value is -2.64. The first-order valence-electron chi connectivity index (χ1n) is 9.97. The molecule has 27 heavy (non-hydrogen) atoms. The summed E-state index contributed by atoms with van der Waals surface area (Å²) < 4.78 is 2.01. The van der Waals surface area contributed by atoms with E-state index in [2.05, 4.69) is 16.9 Å². The van der Waals surface area contributed by atoms with E-state index in [1.807, 2.05) is 20.6 Å². The van der Waals surface area contributed by atoms with E-state index in [-0.39, 0.29) is 12.1 Å². The number of anilines is 1. The van der Waals surface area contributed by atoms with Crippen molar-refractivity contribution in [2.75, 3.05) is 18.0 Å². The minimum atomic E-state index is 0.000651. The Morgan fingerprint density at radius 1 is 1.30 bits per heavy atom. The largest absolute Gasteiger partial charge is 0.337 e. The fraction of sp³-hybridized carbons (Fsp3) is 0.579. The molecule has 2 aliphatic heterocycles. The van der Waals surface area contributed by atoms with Gasteiger partial charge in [0.2, 0.25) is 0 Å². The van der Waals surface area contributed by atoms with Crippen LogP contribution in [0.25, 0.3) is 0 Å². The van der Waals surface area contributed by atoms with Crippen LogP contribution >= 0.6 is 0 Å². The van der Waals surface area contributed by atoms with E-state index in [4.69, 9.17) is 9.98 Å². The second kappa shape index (κ2) is 6.51. The van der Waals surface area contributed by atoms with Crippen LogP contribution in [0.3, 0.4) is 0 Å². The molecule has 1 aliphatic carbocycles. The van der Waals surface area contributed by atoms with E-state index in [1.54, 1.807) is 12.5 Å². The summed E-state index contributed by atoms with van der Waals surface area (Å²) in [5.74, 6) is 3.02. The summed E-state index contributed by atoms with van der Waals surface area (Å²) >= 11 is 0. The molecule has 0 bridgehead atoms. The van der Waals surface area contributed by atoms with Crippen molar-refractivity contribution in [2.45, 2.75) is 57.5 Å². The summed E-state index contributed by atoms with van der Waals surface area (Å²) in [6.07, 6.45) is 11.3. The molecule has 0 aromatic carbocycles. The zero-order valence-corrected chi connectivity index (χ0v) is 15.6. The highest BCUT2D eigenvalue weighted by atomic mass is 16.2. The highest BCUT2D eigenvalue weighted by Gasteiger charge is 2.42. The fourth-order valence-electron chi connectivity index (χ4n) is 4.47. The summed E-state index contributed by atoms with van der Waals surface area (Å²) in [5.41, 5.74) is 0.915. The lowest BCUT2D eigenvalue weighted by molar-refractivity contribution is 0.226. The van der Waals surface area contributed by atoms with Gasteiger partial charge in [0.05, 0.1) is 18.9 Å². The van der Waals surface area contributed by atoms with Gasteiger partial charge in [-0.05, 0) is 19.3 Å². The van der Waals surface area contributed by atoms with Crippen LogP contribution < -0.4 is 4.90 Å². The number of aromatic nitrogens is 4. The number of amidine groups is 1. The molecule has 1 N–H and O–H groups in total. The molecule has 142 valence electrons. The van der Waals surface area contributed by atoms with Crippen molar-refractivity contribution in [3.63, 3.8) is 0 Å². The predicted octanol–water partition coefficient (Wildman–Crippen LogP) is 2.74. The lowest BCUT2D eigenvalue weighted by atomic mass is 10.1. The molecule has 2 aromatic heterocycles. The minimum absolute atomic E-state index is 0.000651. The molecule has 8 nitrogen and oxygen atoms in total. The van der Waals surface area contributed by atoms with Gasteiger partial charge in [0.1, 0.15) is 11.5 Å². The second-order valence-electron chi connectivity index (χ2n) is 7.71. The van der Waals surface area contributed by atoms with Gasteiger partial charge in [-0.15, -0.1) is 0 Å². The first-order chi connectivity index (χ1) is 13.2. The maximum atomic E-state index is 13.1. The number of fused-ring (bicyclic) bond motifs is 3. The Balaban J connectivity index is 1.51. The number of rotatable bonds is 5. The summed E-state index contributed by atoms with van der Waals surface area (Å²) in [7, 11) is 0. The van der Waals surface area contributed by atoms with Crippen molar-refractivity contribution in [2.24, 2.45) is 4.99 Å². The van der Waals surface area contributed by atoms with E-state index in [9.17, 15) is 4.79 Å². The molecule has 0 saturated heterocycles. The summed E-state index contributed by atoms with van der Waals surface area (Å²) in [4.78, 5) is 34.2. The molecule has 1 unspecified atom stereocenters. The number of aromatic amines is 1. The van der Waals surface area contributed by atoms with E-state index < -0.39 is 0 Å². The van der Waals surface area contributed by atoms with E-state index in [0.29, 0.717) is 19.0 Å². The van der Waals surface area contributed by atoms with Gasteiger partial charge in [0, 0.05) is 31.4 Å². The third-order valence-electron chi connectivity index (χ3n) is 5.77. The number of carbonyl (C=O) groups is 1. The number of imidazole rings is 2. The highest BCUT2D eigenvalue weighted by Crippen LogP contribution is 2.37. The van der Waals surface area contributed by atoms with Gasteiger partial charge in [0.15, 0.2) is 11.7 Å². The van der Waals surface area contributed by atoms with Gasteiger partial charge < -0.3 is 9.55 Å². The fourth-order valence-corrected chi connectivity index (χ4v) is 4.47. The van der Waals surface area contributed by atoms with Gasteiger partial charge in [-0.25, -0.2) is 14.8 Å². The number of amides is 2. The van der Waals surface area contributed by atoms with Gasteiger partial charge in [-0.1, -0.05) is 19.8 Å². The van der Waals surface area contributed by atoms with Gasteiger partial charge in [0.25, 0.3) is 0 Å². The molecule has 2 amide bonds. The van der Waals surface area contributed by atoms with Crippen LogP contribution in [0.1, 0.15) is 56.5 Å². The molecular weight excluding hydrogens is 342 g/mol. The number of nitrogens with zero attached hydrogens (tertiary/aromatic N) is 6. The normalized spacial score (nSPS) is 22.3. The molecule has 0 spiro atoms. The van der Waals surface area contributed by atoms with Crippen molar-refractivity contribution >= 4 is 17.7 Å². The molecule has 1 fully saturated rings. The molecule has 5 rings (SSSR count). The van der Waals surface area contributed by atoms with Crippen LogP contribution in [0.2, 0.25) is 0 Å². The second-order valence-corrected chi connectivity index (χ2v) is 7.71. The van der Waals surface area contributed by atoms with Gasteiger partial charge in [-0.3, -0.25) is 14.8 Å². The summed E-state index contributed by atoms with van der Waals surface area (Å²) in [5, 5.41) is 0. The number of carbonyl (C=O) groups excluding carboxylic acids is 1. The van der Waals surface area contributed by atoms with Crippen molar-refractivity contribution in [3.05, 3.63) is 30.2 Å². The predicted molar refractivity (Wildman–Crippen MR) is 102 cm³/mol. The standard InChI is InChI=1S/C19H25N7O/c1-2-8-25-18-15(22-16(23-18)13-5-3-4-6-13)17-21-14(11-26(17)19(25)27)10-24-9-7-20-12-24/h7,9,12-14H,2-6,8,10-11H2,1H3,(H,22,23). The maximum Gasteiger partial charge on any atom is 0.331 e. The minimum Gasteiger partial charge on any atom is -0.337 e. The lowest BCUT2D eigenvalue weighted by Crippen LogP contribution is -2.50. The summed E-state index contributed by atoms with van der Waals surface area (Å²) in [6, 6.07) is 0.0338. The molecule has 3 aliphatic rings. The van der Waals surface area contributed by atoms with E-state index in [1.165, 1.54) is 25.7 Å². The number of urea groups is 1. The molecular formula is C19H25N7O. The Labute approximate surface area is 158 Å². The average molecular weight is 367 g/mol. The van der Waals surface area contributed by atoms with Crippen molar-refractivity contribution < 1.29 is 4.79 Å². The third kappa shape index (κ3) is 2.74. The monoisotopic (exact) mass is 367 g/mol. The Morgan fingerprint density at radius 3 is 2.89 bits per heavy atom. The van der Waals surface area contributed by atoms with Gasteiger partial charge >= 0.3 is 6.03 Å². The molecule has 2 aromatic rings. The molecule has 0 radical (unpaired) electrons. The van der Waals surface area contributed by atoms with Gasteiger partial charge in [-0.2, -0.15) is 0 Å². The molecule has 8 heteroatoms. The first-order valence-corrected chi connectivity index (χ1v) is 9.97. The maximum absolute atomic E-state index is 13.1. The Bertz CT molecular complexity index is 863. The zero-order chi connectivity index (χ0) is 18.4. The SMILES string of the molecule is CCCN1C(=O)N2CC(Cn3ccnc3)N=C2c2[nH]c(C3CCCC3)nc21. The molecule has 4 heterocycles. The Kier molecular flexibility index (Phi) is 3.98. The van der Waals surface area contributed by atoms with Crippen LogP contribution in [-0.4, -0.2) is 55.4 Å². The number of hydrogen-bond donors (Lipinski definition) is 1. The molecule has 1 atom stereocenters. The van der Waals surface area contributed by atoms with Crippen LogP contribution in [0, 0.1) is 0 Å². The Morgan fingerprint density at radius 2 is 2.15 bits per heavy atom. The van der Waals surface area contributed by atoms with Crippen molar-refractivity contribution in [3.8, 4) is 0 Å². The summed E-state index contributed by atoms with van der Waals surface area (Å²) in [6.45, 7) is 4.09. The number of nitrogens with one attached hydrogen (secondary N) is 1. The lowest BCUT2D eigenvalue weighted by Gasteiger charge is -2.32. The van der Waals surface area contributed by atoms with Crippen molar-refractivity contribution in [1.82, 2.24) is 24.4 Å². The topological polar surface area (TPSA) is 82.4 Å². The van der Waals surface area contributed by atoms with Crippen LogP contribution in [0.5, 0.6) is 0 Å². The number of H-pyrrole nitrogens is 1. The smallest absolute Gasteiger partial charge is 0.331 e. The first kappa shape index (κ1) is 16.5. The quantitative estimate of drug-likeness (QED) is 0.882. The van der Waals surface area contributed by atoms with Crippen LogP contribution in [-0.2, 0) is 6.54 Å². The van der Waals surface area contributed by atoms with E-state index >= 15 is 0 Å². The third-order valence-corrected chi connectivity index (χ3v) is 5.77. The highest BCUT2D eigenvalue weighted by molar-refractivity contribution is 6.18. The average Bonchev–Trinajstić information content (AvgIpc) is 3.44. The number of aliphatic imine (C=N–C) groups is 1. The zero-order valence-electron chi connectivity index (χ0n) is 15.6. The van der Waals surface area contributed by atoms with E-state index in [0.717, 1.165) is 36.1 Å².